The smallest absolute Gasteiger partial charge is 0.337 e. The molecule has 1 aliphatic rings. The van der Waals surface area contributed by atoms with E-state index < -0.39 is 5.97 Å². The van der Waals surface area contributed by atoms with Gasteiger partial charge in [-0.2, -0.15) is 0 Å². The maximum atomic E-state index is 10.9. The number of nitrogens with zero attached hydrogens (tertiary/aromatic N) is 1. The number of hydrogen-bond donors (Lipinski definition) is 1. The van der Waals surface area contributed by atoms with Gasteiger partial charge in [-0.25, -0.2) is 9.78 Å². The minimum Gasteiger partial charge on any atom is -0.478 e. The molecule has 1 aromatic heterocycles. The quantitative estimate of drug-likeness (QED) is 0.719. The highest BCUT2D eigenvalue weighted by molar-refractivity contribution is 8.00. The summed E-state index contributed by atoms with van der Waals surface area (Å²) < 4.78 is 0.228. The Morgan fingerprint density at radius 3 is 2.54 bits per heavy atom. The lowest BCUT2D eigenvalue weighted by molar-refractivity contribution is 0.0696. The number of carboxylic acids is 1. The van der Waals surface area contributed by atoms with E-state index in [1.54, 1.807) is 6.07 Å². The van der Waals surface area contributed by atoms with Crippen LogP contribution in [-0.4, -0.2) is 20.8 Å². The zero-order valence-electron chi connectivity index (χ0n) is 15.8. The Balaban J connectivity index is 1.97. The molecule has 3 nitrogen and oxygen atoms in total. The Hall–Kier alpha value is -2.25. The zero-order chi connectivity index (χ0) is 19.1. The highest BCUT2D eigenvalue weighted by Crippen LogP contribution is 2.51. The number of pyridine rings is 1. The van der Waals surface area contributed by atoms with Gasteiger partial charge in [-0.05, 0) is 60.1 Å². The molecule has 0 fully saturated rings. The molecule has 134 valence electrons. The average molecular weight is 365 g/mol. The van der Waals surface area contributed by atoms with Crippen LogP contribution in [0.3, 0.4) is 0 Å². The molecule has 0 bridgehead atoms. The molecule has 0 amide bonds. The van der Waals surface area contributed by atoms with Gasteiger partial charge in [-0.15, -0.1) is 11.8 Å². The van der Waals surface area contributed by atoms with Crippen molar-refractivity contribution < 1.29 is 9.90 Å². The van der Waals surface area contributed by atoms with Crippen LogP contribution in [0.2, 0.25) is 0 Å². The van der Waals surface area contributed by atoms with E-state index in [1.807, 2.05) is 11.8 Å². The molecule has 1 aromatic carbocycles. The first-order valence-corrected chi connectivity index (χ1v) is 9.45. The van der Waals surface area contributed by atoms with E-state index in [2.05, 4.69) is 63.6 Å². The number of benzene rings is 1. The van der Waals surface area contributed by atoms with Crippen molar-refractivity contribution in [1.29, 1.82) is 0 Å². The largest absolute Gasteiger partial charge is 0.478 e. The fourth-order valence-electron chi connectivity index (χ4n) is 3.65. The molecule has 0 unspecified atom stereocenters. The third-order valence-corrected chi connectivity index (χ3v) is 5.90. The summed E-state index contributed by atoms with van der Waals surface area (Å²) in [6, 6.07) is 7.63. The second-order valence-electron chi connectivity index (χ2n) is 8.07. The molecule has 2 heterocycles. The van der Waals surface area contributed by atoms with E-state index in [1.165, 1.54) is 22.7 Å². The predicted octanol–water partition coefficient (Wildman–Crippen LogP) is 5.04. The van der Waals surface area contributed by atoms with Crippen molar-refractivity contribution in [3.05, 3.63) is 58.4 Å². The molecular weight excluding hydrogens is 342 g/mol. The van der Waals surface area contributed by atoms with Crippen LogP contribution in [0.4, 0.5) is 0 Å². The molecule has 0 saturated carbocycles. The zero-order valence-corrected chi connectivity index (χ0v) is 16.6. The molecule has 0 spiro atoms. The van der Waals surface area contributed by atoms with Crippen LogP contribution in [0.15, 0.2) is 35.4 Å². The number of hydrogen-bond acceptors (Lipinski definition) is 3. The number of aromatic nitrogens is 1. The molecule has 1 aliphatic heterocycles. The van der Waals surface area contributed by atoms with Crippen LogP contribution >= 0.6 is 11.8 Å². The highest BCUT2D eigenvalue weighted by atomic mass is 32.2. The van der Waals surface area contributed by atoms with E-state index in [9.17, 15) is 4.79 Å². The fraction of sp³-hybridized carbons (Fsp3) is 0.364. The van der Waals surface area contributed by atoms with Crippen molar-refractivity contribution in [2.24, 2.45) is 0 Å². The Morgan fingerprint density at radius 1 is 1.19 bits per heavy atom. The van der Waals surface area contributed by atoms with E-state index >= 15 is 0 Å². The second kappa shape index (κ2) is 6.48. The van der Waals surface area contributed by atoms with Crippen molar-refractivity contribution in [1.82, 2.24) is 4.98 Å². The van der Waals surface area contributed by atoms with Crippen LogP contribution in [0, 0.1) is 18.8 Å². The third-order valence-electron chi connectivity index (χ3n) is 4.65. The molecule has 0 radical (unpaired) electrons. The first-order chi connectivity index (χ1) is 12.1. The second-order valence-corrected chi connectivity index (χ2v) is 9.82. The van der Waals surface area contributed by atoms with E-state index in [0.717, 1.165) is 17.5 Å². The first kappa shape index (κ1) is 18.5. The topological polar surface area (TPSA) is 50.2 Å². The molecule has 26 heavy (non-hydrogen) atoms. The number of carbonyl (C=O) groups is 1. The summed E-state index contributed by atoms with van der Waals surface area (Å²) in [4.78, 5) is 16.4. The summed E-state index contributed by atoms with van der Waals surface area (Å²) in [5.74, 6) is 5.29. The monoisotopic (exact) mass is 365 g/mol. The SMILES string of the molecule is Cc1cc2c(cc1C#Cc1ccc(C(=O)O)cn1)C(C)(C)CC(C)(C)S2. The van der Waals surface area contributed by atoms with Gasteiger partial charge in [-0.3, -0.25) is 0 Å². The van der Waals surface area contributed by atoms with Crippen molar-refractivity contribution in [3.8, 4) is 11.8 Å². The first-order valence-electron chi connectivity index (χ1n) is 8.63. The summed E-state index contributed by atoms with van der Waals surface area (Å²) in [5, 5.41) is 8.94. The van der Waals surface area contributed by atoms with Gasteiger partial charge in [0, 0.05) is 21.4 Å². The summed E-state index contributed by atoms with van der Waals surface area (Å²) in [6.45, 7) is 11.3. The van der Waals surface area contributed by atoms with Crippen LogP contribution in [-0.2, 0) is 5.41 Å². The maximum absolute atomic E-state index is 10.9. The molecule has 1 N–H and O–H groups in total. The fourth-order valence-corrected chi connectivity index (χ4v) is 5.36. The van der Waals surface area contributed by atoms with E-state index in [0.29, 0.717) is 5.69 Å². The summed E-state index contributed by atoms with van der Waals surface area (Å²) in [5.41, 5.74) is 4.35. The standard InChI is InChI=1S/C22H23NO2S/c1-14-10-19-18(21(2,3)13-22(4,5)26-19)11-15(14)6-8-17-9-7-16(12-23-17)20(24)25/h7,9-12H,13H2,1-5H3,(H,24,25). The lowest BCUT2D eigenvalue weighted by Gasteiger charge is -2.42. The number of aryl methyl sites for hydroxylation is 1. The molecule has 4 heteroatoms. The number of fused-ring (bicyclic) bond motifs is 1. The van der Waals surface area contributed by atoms with Gasteiger partial charge in [0.15, 0.2) is 0 Å². The normalized spacial score (nSPS) is 17.0. The molecule has 0 aliphatic carbocycles. The maximum Gasteiger partial charge on any atom is 0.337 e. The van der Waals surface area contributed by atoms with Crippen molar-refractivity contribution in [2.45, 2.75) is 56.1 Å². The van der Waals surface area contributed by atoms with Gasteiger partial charge in [0.1, 0.15) is 5.69 Å². The minimum absolute atomic E-state index is 0.107. The lowest BCUT2D eigenvalue weighted by Crippen LogP contribution is -2.33. The molecule has 3 rings (SSSR count). The molecular formula is C22H23NO2S. The van der Waals surface area contributed by atoms with Crippen molar-refractivity contribution >= 4 is 17.7 Å². The third kappa shape index (κ3) is 3.78. The van der Waals surface area contributed by atoms with Crippen LogP contribution in [0.1, 0.15) is 66.9 Å². The Kier molecular flexibility index (Phi) is 4.62. The Bertz CT molecular complexity index is 931. The number of aromatic carboxylic acids is 1. The van der Waals surface area contributed by atoms with Crippen LogP contribution in [0.5, 0.6) is 0 Å². The molecule has 0 atom stereocenters. The van der Waals surface area contributed by atoms with Gasteiger partial charge >= 0.3 is 5.97 Å². The van der Waals surface area contributed by atoms with Gasteiger partial charge in [0.2, 0.25) is 0 Å². The van der Waals surface area contributed by atoms with Gasteiger partial charge in [0.05, 0.1) is 5.56 Å². The number of thioether (sulfide) groups is 1. The summed E-state index contributed by atoms with van der Waals surface area (Å²) >= 11 is 1.94. The predicted molar refractivity (Wildman–Crippen MR) is 106 cm³/mol. The highest BCUT2D eigenvalue weighted by Gasteiger charge is 2.38. The van der Waals surface area contributed by atoms with Crippen LogP contribution < -0.4 is 0 Å². The lowest BCUT2D eigenvalue weighted by atomic mass is 9.76. The Morgan fingerprint density at radius 2 is 1.92 bits per heavy atom. The van der Waals surface area contributed by atoms with Gasteiger partial charge in [0.25, 0.3) is 0 Å². The minimum atomic E-state index is -0.981. The van der Waals surface area contributed by atoms with E-state index in [-0.39, 0.29) is 15.7 Å². The van der Waals surface area contributed by atoms with E-state index in [4.69, 9.17) is 5.11 Å². The van der Waals surface area contributed by atoms with Crippen molar-refractivity contribution in [2.75, 3.05) is 0 Å². The Labute approximate surface area is 159 Å². The summed E-state index contributed by atoms with van der Waals surface area (Å²) in [6.07, 6.45) is 2.46. The number of rotatable bonds is 1. The van der Waals surface area contributed by atoms with Gasteiger partial charge in [-0.1, -0.05) is 33.6 Å². The average Bonchev–Trinajstić information content (AvgIpc) is 2.51. The molecule has 2 aromatic rings. The molecule has 0 saturated heterocycles. The number of carboxylic acid groups (broad SMARTS) is 1. The van der Waals surface area contributed by atoms with Crippen molar-refractivity contribution in [3.63, 3.8) is 0 Å². The van der Waals surface area contributed by atoms with Gasteiger partial charge < -0.3 is 5.11 Å². The summed E-state index contributed by atoms with van der Waals surface area (Å²) in [7, 11) is 0. The van der Waals surface area contributed by atoms with Crippen LogP contribution in [0.25, 0.3) is 0 Å².